The molecule has 0 bridgehead atoms. The van der Waals surface area contributed by atoms with Gasteiger partial charge in [0.1, 0.15) is 6.23 Å². The number of nitrogens with zero attached hydrogens (tertiary/aromatic N) is 2. The molecule has 1 heterocycles. The van der Waals surface area contributed by atoms with Gasteiger partial charge in [-0.2, -0.15) is 4.98 Å². The van der Waals surface area contributed by atoms with Gasteiger partial charge in [-0.15, -0.1) is 0 Å². The molecule has 0 fully saturated rings. The molecule has 1 N–H and O–H groups in total. The summed E-state index contributed by atoms with van der Waals surface area (Å²) in [6.07, 6.45) is 2.57. The number of carbonyl (C=O) groups excluding carboxylic acids is 1. The fourth-order valence-corrected chi connectivity index (χ4v) is 1.97. The monoisotopic (exact) mass is 357 g/mol. The summed E-state index contributed by atoms with van der Waals surface area (Å²) in [7, 11) is 0. The van der Waals surface area contributed by atoms with Crippen LogP contribution >= 0.6 is 0 Å². The third kappa shape index (κ3) is 6.81. The van der Waals surface area contributed by atoms with Crippen molar-refractivity contribution in [2.24, 2.45) is 5.92 Å². The number of anilines is 1. The summed E-state index contributed by atoms with van der Waals surface area (Å²) in [6.45, 7) is 8.56. The van der Waals surface area contributed by atoms with Gasteiger partial charge in [-0.25, -0.2) is 14.0 Å². The highest BCUT2D eigenvalue weighted by molar-refractivity contribution is 5.83. The number of rotatable bonds is 10. The Bertz CT molecular complexity index is 606. The highest BCUT2D eigenvalue weighted by Gasteiger charge is 2.18. The lowest BCUT2D eigenvalue weighted by molar-refractivity contribution is -0.0203. The lowest BCUT2D eigenvalue weighted by Gasteiger charge is -2.21. The molecule has 1 amide bonds. The van der Waals surface area contributed by atoms with Crippen LogP contribution in [-0.4, -0.2) is 28.9 Å². The number of aromatic nitrogens is 2. The maximum Gasteiger partial charge on any atom is 0.412 e. The standard InChI is InChI=1S/C17H28FN3O4/c1-5-8-9-24-17(23)20-15-13(18)10-21(16(22)19-15)14(7-3)25-11-12(4)6-2/h10,12,14H,5-9,11H2,1-4H3,(H,19,20,22,23)/t12?,14-/m0/s1. The van der Waals surface area contributed by atoms with Crippen LogP contribution in [0.25, 0.3) is 0 Å². The minimum Gasteiger partial charge on any atom is -0.449 e. The normalized spacial score (nSPS) is 13.3. The molecule has 1 aromatic rings. The van der Waals surface area contributed by atoms with Crippen molar-refractivity contribution >= 4 is 11.9 Å². The van der Waals surface area contributed by atoms with Crippen LogP contribution in [0.3, 0.4) is 0 Å². The number of amides is 1. The number of unbranched alkanes of at least 4 members (excludes halogenated alkanes) is 1. The molecule has 0 radical (unpaired) electrons. The Morgan fingerprint density at radius 2 is 2.08 bits per heavy atom. The highest BCUT2D eigenvalue weighted by Crippen LogP contribution is 2.16. The molecule has 25 heavy (non-hydrogen) atoms. The fourth-order valence-electron chi connectivity index (χ4n) is 1.97. The minimum atomic E-state index is -0.836. The number of nitrogens with one attached hydrogen (secondary N) is 1. The van der Waals surface area contributed by atoms with E-state index in [0.717, 1.165) is 23.6 Å². The van der Waals surface area contributed by atoms with Crippen molar-refractivity contribution in [2.75, 3.05) is 18.5 Å². The van der Waals surface area contributed by atoms with E-state index < -0.39 is 29.6 Å². The molecule has 0 spiro atoms. The number of hydrogen-bond acceptors (Lipinski definition) is 5. The third-order valence-electron chi connectivity index (χ3n) is 3.79. The topological polar surface area (TPSA) is 82.5 Å². The van der Waals surface area contributed by atoms with Gasteiger partial charge in [0, 0.05) is 0 Å². The molecule has 1 rings (SSSR count). The molecule has 0 aliphatic heterocycles. The smallest absolute Gasteiger partial charge is 0.412 e. The average molecular weight is 357 g/mol. The Labute approximate surface area is 147 Å². The second-order valence-corrected chi connectivity index (χ2v) is 5.95. The Morgan fingerprint density at radius 1 is 1.36 bits per heavy atom. The molecule has 142 valence electrons. The minimum absolute atomic E-state index is 0.225. The molecule has 7 nitrogen and oxygen atoms in total. The van der Waals surface area contributed by atoms with Crippen molar-refractivity contribution < 1.29 is 18.7 Å². The zero-order chi connectivity index (χ0) is 18.8. The van der Waals surface area contributed by atoms with Crippen molar-refractivity contribution in [1.29, 1.82) is 0 Å². The zero-order valence-corrected chi connectivity index (χ0v) is 15.4. The van der Waals surface area contributed by atoms with Crippen molar-refractivity contribution in [3.05, 3.63) is 22.5 Å². The van der Waals surface area contributed by atoms with Gasteiger partial charge >= 0.3 is 11.8 Å². The molecule has 2 atom stereocenters. The molecule has 1 aromatic heterocycles. The first-order valence-electron chi connectivity index (χ1n) is 8.76. The Hall–Kier alpha value is -1.96. The van der Waals surface area contributed by atoms with E-state index in [1.54, 1.807) is 0 Å². The van der Waals surface area contributed by atoms with Gasteiger partial charge < -0.3 is 9.47 Å². The van der Waals surface area contributed by atoms with E-state index in [4.69, 9.17) is 9.47 Å². The van der Waals surface area contributed by atoms with Crippen molar-refractivity contribution in [3.63, 3.8) is 0 Å². The molecular weight excluding hydrogens is 329 g/mol. The van der Waals surface area contributed by atoms with Crippen LogP contribution in [0, 0.1) is 11.7 Å². The number of halogens is 1. The molecule has 0 saturated carbocycles. The van der Waals surface area contributed by atoms with Crippen LogP contribution in [0.5, 0.6) is 0 Å². The van der Waals surface area contributed by atoms with Crippen LogP contribution in [0.2, 0.25) is 0 Å². The SMILES string of the molecule is CCCCOC(=O)Nc1nc(=O)n([C@H](CC)OCC(C)CC)cc1F. The fraction of sp³-hybridized carbons (Fsp3) is 0.706. The molecule has 0 aliphatic carbocycles. The second kappa shape index (κ2) is 10.8. The number of hydrogen-bond donors (Lipinski definition) is 1. The Kier molecular flexibility index (Phi) is 9.12. The van der Waals surface area contributed by atoms with E-state index in [0.29, 0.717) is 25.4 Å². The quantitative estimate of drug-likeness (QED) is 0.646. The zero-order valence-electron chi connectivity index (χ0n) is 15.4. The summed E-state index contributed by atoms with van der Waals surface area (Å²) in [4.78, 5) is 27.3. The lowest BCUT2D eigenvalue weighted by Crippen LogP contribution is -2.31. The molecule has 0 aliphatic rings. The largest absolute Gasteiger partial charge is 0.449 e. The average Bonchev–Trinajstić information content (AvgIpc) is 2.59. The molecule has 0 aromatic carbocycles. The van der Waals surface area contributed by atoms with E-state index in [1.807, 2.05) is 27.7 Å². The van der Waals surface area contributed by atoms with Gasteiger partial charge in [0.25, 0.3) is 0 Å². The van der Waals surface area contributed by atoms with Crippen LogP contribution in [-0.2, 0) is 9.47 Å². The maximum atomic E-state index is 14.2. The Morgan fingerprint density at radius 3 is 2.68 bits per heavy atom. The van der Waals surface area contributed by atoms with Crippen molar-refractivity contribution in [2.45, 2.75) is 59.6 Å². The summed E-state index contributed by atoms with van der Waals surface area (Å²) in [5, 5.41) is 2.15. The first kappa shape index (κ1) is 21.1. The number of ether oxygens (including phenoxy) is 2. The summed E-state index contributed by atoms with van der Waals surface area (Å²) >= 11 is 0. The first-order valence-corrected chi connectivity index (χ1v) is 8.76. The van der Waals surface area contributed by atoms with Gasteiger partial charge in [0.2, 0.25) is 0 Å². The van der Waals surface area contributed by atoms with Crippen LogP contribution in [0.1, 0.15) is 59.6 Å². The predicted octanol–water partition coefficient (Wildman–Crippen LogP) is 3.70. The van der Waals surface area contributed by atoms with E-state index in [2.05, 4.69) is 10.3 Å². The molecule has 0 saturated heterocycles. The first-order chi connectivity index (χ1) is 11.9. The van der Waals surface area contributed by atoms with E-state index >= 15 is 0 Å². The Balaban J connectivity index is 2.83. The van der Waals surface area contributed by atoms with E-state index in [1.165, 1.54) is 0 Å². The molecular formula is C17H28FN3O4. The summed E-state index contributed by atoms with van der Waals surface area (Å²) in [5.41, 5.74) is -0.693. The van der Waals surface area contributed by atoms with E-state index in [-0.39, 0.29) is 6.61 Å². The van der Waals surface area contributed by atoms with Crippen LogP contribution in [0.4, 0.5) is 15.0 Å². The van der Waals surface area contributed by atoms with Crippen molar-refractivity contribution in [3.8, 4) is 0 Å². The summed E-state index contributed by atoms with van der Waals surface area (Å²) in [6, 6.07) is 0. The van der Waals surface area contributed by atoms with Crippen LogP contribution in [0.15, 0.2) is 11.0 Å². The van der Waals surface area contributed by atoms with E-state index in [9.17, 15) is 14.0 Å². The molecule has 8 heteroatoms. The van der Waals surface area contributed by atoms with Crippen molar-refractivity contribution in [1.82, 2.24) is 9.55 Å². The lowest BCUT2D eigenvalue weighted by atomic mass is 10.1. The predicted molar refractivity (Wildman–Crippen MR) is 93.1 cm³/mol. The summed E-state index contributed by atoms with van der Waals surface area (Å²) in [5.74, 6) is -0.932. The second-order valence-electron chi connectivity index (χ2n) is 5.95. The van der Waals surface area contributed by atoms with Gasteiger partial charge in [-0.05, 0) is 18.8 Å². The third-order valence-corrected chi connectivity index (χ3v) is 3.79. The van der Waals surface area contributed by atoms with Crippen LogP contribution < -0.4 is 11.0 Å². The van der Waals surface area contributed by atoms with Gasteiger partial charge in [-0.3, -0.25) is 9.88 Å². The maximum absolute atomic E-state index is 14.2. The van der Waals surface area contributed by atoms with Gasteiger partial charge in [0.15, 0.2) is 11.6 Å². The van der Waals surface area contributed by atoms with Gasteiger partial charge in [-0.1, -0.05) is 40.5 Å². The number of carbonyl (C=O) groups is 1. The highest BCUT2D eigenvalue weighted by atomic mass is 19.1. The molecule has 1 unspecified atom stereocenters. The van der Waals surface area contributed by atoms with Gasteiger partial charge in [0.05, 0.1) is 19.4 Å². The summed E-state index contributed by atoms with van der Waals surface area (Å²) < 4.78 is 25.9.